The molecule has 0 aromatic rings. The van der Waals surface area contributed by atoms with Crippen molar-refractivity contribution in [1.29, 1.82) is 0 Å². The number of aliphatic hydroxyl groups is 3. The van der Waals surface area contributed by atoms with E-state index in [9.17, 15) is 4.79 Å². The predicted octanol–water partition coefficient (Wildman–Crippen LogP) is 3.23. The number of carboxylic acid groups (broad SMARTS) is 1. The molecule has 0 aliphatic heterocycles. The fourth-order valence-electron chi connectivity index (χ4n) is 2.35. The van der Waals surface area contributed by atoms with E-state index < -0.39 is 22.5 Å². The smallest absolute Gasteiger partial charge is 0.394 e. The number of hydrogen-bond acceptors (Lipinski definition) is 6. The highest BCUT2D eigenvalue weighted by atomic mass is 32.3. The van der Waals surface area contributed by atoms with E-state index in [2.05, 4.69) is 6.92 Å². The summed E-state index contributed by atoms with van der Waals surface area (Å²) in [5, 5.41) is 32.5. The fraction of sp³-hybridized carbons (Fsp3) is 0.947. The molecule has 0 aliphatic carbocycles. The minimum atomic E-state index is -4.67. The molecule has 0 saturated carbocycles. The van der Waals surface area contributed by atoms with Gasteiger partial charge in [-0.1, -0.05) is 84.0 Å². The molecule has 178 valence electrons. The molecule has 9 nitrogen and oxygen atoms in total. The van der Waals surface area contributed by atoms with Gasteiger partial charge in [0.25, 0.3) is 0 Å². The third-order valence-electron chi connectivity index (χ3n) is 3.92. The number of aliphatic hydroxyl groups excluding tert-OH is 3. The maximum absolute atomic E-state index is 10.3. The van der Waals surface area contributed by atoms with Crippen molar-refractivity contribution in [2.24, 2.45) is 0 Å². The molecular formula is C19H42O9S. The van der Waals surface area contributed by atoms with Crippen molar-refractivity contribution < 1.29 is 42.7 Å². The number of aliphatic carboxylic acids is 1. The Morgan fingerprint density at radius 2 is 1.00 bits per heavy atom. The first-order valence-corrected chi connectivity index (χ1v) is 11.8. The van der Waals surface area contributed by atoms with Gasteiger partial charge in [0.2, 0.25) is 0 Å². The second-order valence-corrected chi connectivity index (χ2v) is 7.75. The molecule has 0 heterocycles. The molecule has 0 aliphatic rings. The molecule has 6 N–H and O–H groups in total. The van der Waals surface area contributed by atoms with Crippen LogP contribution in [0.2, 0.25) is 0 Å². The standard InChI is InChI=1S/C16H32O2.C3H8O3.H2O4S/c1-2-3-4-5-6-7-8-9-10-11-12-13-14-15-16(17)18;4-1-3(6)2-5;1-5(2,3)4/h2-15H2,1H3,(H,17,18);3-6H,1-2H2;(H2,1,2,3,4). The van der Waals surface area contributed by atoms with Crippen LogP contribution in [-0.4, -0.2) is 63.2 Å². The molecule has 0 radical (unpaired) electrons. The molecule has 0 spiro atoms. The van der Waals surface area contributed by atoms with Gasteiger partial charge in [0, 0.05) is 6.42 Å². The zero-order valence-electron chi connectivity index (χ0n) is 17.7. The van der Waals surface area contributed by atoms with E-state index in [0.29, 0.717) is 6.42 Å². The second kappa shape index (κ2) is 25.3. The van der Waals surface area contributed by atoms with Crippen LogP contribution in [0.5, 0.6) is 0 Å². The first-order valence-electron chi connectivity index (χ1n) is 10.4. The minimum Gasteiger partial charge on any atom is -0.481 e. The summed E-state index contributed by atoms with van der Waals surface area (Å²) in [4.78, 5) is 10.3. The number of unbranched alkanes of at least 4 members (excludes halogenated alkanes) is 12. The predicted molar refractivity (Wildman–Crippen MR) is 112 cm³/mol. The highest BCUT2D eigenvalue weighted by molar-refractivity contribution is 7.79. The molecule has 0 atom stereocenters. The average molecular weight is 447 g/mol. The van der Waals surface area contributed by atoms with Gasteiger partial charge in [-0.3, -0.25) is 13.9 Å². The lowest BCUT2D eigenvalue weighted by molar-refractivity contribution is -0.137. The lowest BCUT2D eigenvalue weighted by atomic mass is 10.0. The van der Waals surface area contributed by atoms with Gasteiger partial charge in [0.1, 0.15) is 6.10 Å². The van der Waals surface area contributed by atoms with Gasteiger partial charge in [0.15, 0.2) is 0 Å². The van der Waals surface area contributed by atoms with E-state index in [0.717, 1.165) is 12.8 Å². The first-order chi connectivity index (χ1) is 13.6. The SMILES string of the molecule is CCCCCCCCCCCCCCCC(=O)O.O=S(=O)(O)O.OCC(O)CO. The van der Waals surface area contributed by atoms with Crippen LogP contribution in [0.4, 0.5) is 0 Å². The maximum atomic E-state index is 10.3. The van der Waals surface area contributed by atoms with Crippen molar-refractivity contribution in [2.75, 3.05) is 13.2 Å². The molecular weight excluding hydrogens is 404 g/mol. The topological polar surface area (TPSA) is 173 Å². The van der Waals surface area contributed by atoms with Crippen LogP contribution >= 0.6 is 0 Å². The normalized spacial score (nSPS) is 10.7. The van der Waals surface area contributed by atoms with Gasteiger partial charge in [-0.25, -0.2) is 0 Å². The van der Waals surface area contributed by atoms with E-state index in [1.54, 1.807) is 0 Å². The van der Waals surface area contributed by atoms with Crippen LogP contribution in [-0.2, 0) is 15.2 Å². The van der Waals surface area contributed by atoms with Gasteiger partial charge in [-0.15, -0.1) is 0 Å². The first kappa shape index (κ1) is 32.9. The zero-order valence-corrected chi connectivity index (χ0v) is 18.5. The van der Waals surface area contributed by atoms with Gasteiger partial charge >= 0.3 is 16.4 Å². The summed E-state index contributed by atoms with van der Waals surface area (Å²) < 4.78 is 31.6. The Kier molecular flexibility index (Phi) is 28.6. The number of hydrogen-bond donors (Lipinski definition) is 6. The molecule has 29 heavy (non-hydrogen) atoms. The van der Waals surface area contributed by atoms with Crippen molar-refractivity contribution >= 4 is 16.4 Å². The third-order valence-corrected chi connectivity index (χ3v) is 3.92. The minimum absolute atomic E-state index is 0.345. The summed E-state index contributed by atoms with van der Waals surface area (Å²) in [6.45, 7) is 1.53. The van der Waals surface area contributed by atoms with Crippen LogP contribution in [0.3, 0.4) is 0 Å². The summed E-state index contributed by atoms with van der Waals surface area (Å²) in [5.74, 6) is -0.655. The van der Waals surface area contributed by atoms with Crippen LogP contribution in [0.25, 0.3) is 0 Å². The number of carboxylic acids is 1. The maximum Gasteiger partial charge on any atom is 0.394 e. The molecule has 10 heteroatoms. The quantitative estimate of drug-likeness (QED) is 0.154. The fourth-order valence-corrected chi connectivity index (χ4v) is 2.35. The van der Waals surface area contributed by atoms with Crippen LogP contribution in [0.1, 0.15) is 96.8 Å². The Bertz CT molecular complexity index is 415. The molecule has 0 amide bonds. The van der Waals surface area contributed by atoms with Gasteiger partial charge in [-0.2, -0.15) is 8.42 Å². The molecule has 0 rings (SSSR count). The van der Waals surface area contributed by atoms with Crippen molar-refractivity contribution in [3.63, 3.8) is 0 Å². The summed E-state index contributed by atoms with van der Waals surface area (Å²) in [6.07, 6.45) is 16.3. The largest absolute Gasteiger partial charge is 0.481 e. The molecule has 0 aromatic heterocycles. The summed E-state index contributed by atoms with van der Waals surface area (Å²) in [5.41, 5.74) is 0. The van der Waals surface area contributed by atoms with Crippen molar-refractivity contribution in [2.45, 2.75) is 103 Å². The molecule has 0 aromatic carbocycles. The highest BCUT2D eigenvalue weighted by Crippen LogP contribution is 2.12. The summed E-state index contributed by atoms with van der Waals surface area (Å²) in [6, 6.07) is 0. The Balaban J connectivity index is -0.000000502. The van der Waals surface area contributed by atoms with Gasteiger partial charge < -0.3 is 20.4 Å². The number of carbonyl (C=O) groups is 1. The zero-order chi connectivity index (χ0) is 23.0. The Morgan fingerprint density at radius 1 is 0.724 bits per heavy atom. The molecule has 0 fully saturated rings. The monoisotopic (exact) mass is 446 g/mol. The molecule has 0 unspecified atom stereocenters. The highest BCUT2D eigenvalue weighted by Gasteiger charge is 1.97. The van der Waals surface area contributed by atoms with Gasteiger partial charge in [-0.05, 0) is 6.42 Å². The summed E-state index contributed by atoms with van der Waals surface area (Å²) in [7, 11) is -4.67. The summed E-state index contributed by atoms with van der Waals surface area (Å²) >= 11 is 0. The van der Waals surface area contributed by atoms with E-state index >= 15 is 0 Å². The lowest BCUT2D eigenvalue weighted by Gasteiger charge is -2.02. The van der Waals surface area contributed by atoms with E-state index in [-0.39, 0.29) is 13.2 Å². The van der Waals surface area contributed by atoms with Crippen molar-refractivity contribution in [1.82, 2.24) is 0 Å². The molecule has 0 saturated heterocycles. The van der Waals surface area contributed by atoms with E-state index in [1.807, 2.05) is 0 Å². The Morgan fingerprint density at radius 3 is 1.21 bits per heavy atom. The Labute approximate surface area is 175 Å². The van der Waals surface area contributed by atoms with Crippen molar-refractivity contribution in [3.8, 4) is 0 Å². The van der Waals surface area contributed by atoms with Gasteiger partial charge in [0.05, 0.1) is 13.2 Å². The van der Waals surface area contributed by atoms with Crippen molar-refractivity contribution in [3.05, 3.63) is 0 Å². The Hall–Kier alpha value is -0.780. The lowest BCUT2D eigenvalue weighted by Crippen LogP contribution is -2.15. The molecule has 0 bridgehead atoms. The van der Waals surface area contributed by atoms with E-state index in [1.165, 1.54) is 70.6 Å². The average Bonchev–Trinajstić information content (AvgIpc) is 2.63. The number of rotatable bonds is 16. The van der Waals surface area contributed by atoms with Crippen LogP contribution < -0.4 is 0 Å². The van der Waals surface area contributed by atoms with Crippen LogP contribution in [0.15, 0.2) is 0 Å². The van der Waals surface area contributed by atoms with E-state index in [4.69, 9.17) is 37.9 Å². The van der Waals surface area contributed by atoms with Crippen LogP contribution in [0, 0.1) is 0 Å². The second-order valence-electron chi connectivity index (χ2n) is 6.85. The third kappa shape index (κ3) is 52.2.